The van der Waals surface area contributed by atoms with Crippen molar-refractivity contribution in [3.63, 3.8) is 0 Å². The van der Waals surface area contributed by atoms with Gasteiger partial charge in [0, 0.05) is 48.0 Å². The first-order chi connectivity index (χ1) is 12.0. The van der Waals surface area contributed by atoms with Crippen LogP contribution in [0.25, 0.3) is 22.4 Å². The number of hydrogen-bond acceptors (Lipinski definition) is 3. The number of benzene rings is 2. The molecule has 0 radical (unpaired) electrons. The summed E-state index contributed by atoms with van der Waals surface area (Å²) in [6.07, 6.45) is 0. The lowest BCUT2D eigenvalue weighted by Crippen LogP contribution is -2.03. The number of aromatic amines is 1. The summed E-state index contributed by atoms with van der Waals surface area (Å²) in [7, 11) is 0. The SMILES string of the molecule is O=C(O)c1n[nH]c2c1CSc1cc(-c3ccc(Cl)cc3Cl)c(Cl)cc1-2. The molecule has 0 spiro atoms. The summed E-state index contributed by atoms with van der Waals surface area (Å²) in [4.78, 5) is 12.3. The van der Waals surface area contributed by atoms with Crippen molar-refractivity contribution < 1.29 is 9.90 Å². The fraction of sp³-hybridized carbons (Fsp3) is 0.0588. The molecule has 0 bridgehead atoms. The Labute approximate surface area is 162 Å². The van der Waals surface area contributed by atoms with Crippen LogP contribution in [-0.2, 0) is 5.75 Å². The molecule has 2 N–H and O–H groups in total. The number of fused-ring (bicyclic) bond motifs is 3. The standard InChI is InChI=1S/C17H9Cl3N2O2S/c18-7-1-2-8(12(19)3-7)9-5-14-10(4-13(9)20)15-11(6-25-14)16(17(23)24)22-21-15/h1-5H,6H2,(H,21,22)(H,23,24). The van der Waals surface area contributed by atoms with Crippen molar-refractivity contribution in [2.24, 2.45) is 0 Å². The molecule has 25 heavy (non-hydrogen) atoms. The van der Waals surface area contributed by atoms with Gasteiger partial charge in [-0.3, -0.25) is 5.10 Å². The second kappa shape index (κ2) is 6.25. The van der Waals surface area contributed by atoms with Gasteiger partial charge in [0.1, 0.15) is 0 Å². The van der Waals surface area contributed by atoms with Crippen LogP contribution in [-0.4, -0.2) is 21.3 Å². The largest absolute Gasteiger partial charge is 0.476 e. The average Bonchev–Trinajstić information content (AvgIpc) is 2.99. The molecule has 0 aliphatic carbocycles. The van der Waals surface area contributed by atoms with Crippen LogP contribution in [0.2, 0.25) is 15.1 Å². The van der Waals surface area contributed by atoms with Gasteiger partial charge in [0.2, 0.25) is 0 Å². The Morgan fingerprint density at radius 1 is 1.08 bits per heavy atom. The molecule has 1 aromatic heterocycles. The Hall–Kier alpha value is -1.66. The van der Waals surface area contributed by atoms with E-state index in [1.54, 1.807) is 23.9 Å². The third-order valence-corrected chi connectivity index (χ3v) is 5.94. The van der Waals surface area contributed by atoms with Crippen molar-refractivity contribution in [1.29, 1.82) is 0 Å². The Morgan fingerprint density at radius 2 is 1.84 bits per heavy atom. The van der Waals surface area contributed by atoms with Gasteiger partial charge in [0.15, 0.2) is 5.69 Å². The van der Waals surface area contributed by atoms with Crippen LogP contribution >= 0.6 is 46.6 Å². The molecule has 0 saturated carbocycles. The number of aromatic nitrogens is 2. The lowest BCUT2D eigenvalue weighted by Gasteiger charge is -2.18. The van der Waals surface area contributed by atoms with Gasteiger partial charge < -0.3 is 5.11 Å². The molecule has 126 valence electrons. The predicted octanol–water partition coefficient (Wildman–Crippen LogP) is 6.01. The zero-order valence-corrected chi connectivity index (χ0v) is 15.5. The number of carboxylic acid groups (broad SMARTS) is 1. The van der Waals surface area contributed by atoms with Crippen LogP contribution in [0.1, 0.15) is 16.1 Å². The Kier molecular flexibility index (Phi) is 4.20. The highest BCUT2D eigenvalue weighted by Crippen LogP contribution is 2.46. The number of carbonyl (C=O) groups is 1. The number of nitrogens with one attached hydrogen (secondary N) is 1. The van der Waals surface area contributed by atoms with E-state index in [9.17, 15) is 9.90 Å². The molecule has 8 heteroatoms. The van der Waals surface area contributed by atoms with E-state index in [0.717, 1.165) is 21.6 Å². The Balaban J connectivity index is 1.87. The first-order valence-electron chi connectivity index (χ1n) is 7.18. The molecule has 2 heterocycles. The molecule has 4 nitrogen and oxygen atoms in total. The molecule has 0 fully saturated rings. The molecule has 3 aromatic rings. The van der Waals surface area contributed by atoms with Gasteiger partial charge in [-0.2, -0.15) is 5.10 Å². The average molecular weight is 412 g/mol. The summed E-state index contributed by atoms with van der Waals surface area (Å²) in [6.45, 7) is 0. The molecule has 2 aromatic carbocycles. The molecule has 0 atom stereocenters. The van der Waals surface area contributed by atoms with E-state index in [1.165, 1.54) is 0 Å². The highest BCUT2D eigenvalue weighted by molar-refractivity contribution is 7.98. The topological polar surface area (TPSA) is 66.0 Å². The third-order valence-electron chi connectivity index (χ3n) is 4.00. The van der Waals surface area contributed by atoms with Gasteiger partial charge in [-0.15, -0.1) is 11.8 Å². The number of halogens is 3. The molecule has 1 aliphatic rings. The second-order valence-corrected chi connectivity index (χ2v) is 7.74. The van der Waals surface area contributed by atoms with Gasteiger partial charge >= 0.3 is 5.97 Å². The number of carboxylic acids is 1. The molecule has 4 rings (SSSR count). The molecule has 0 saturated heterocycles. The van der Waals surface area contributed by atoms with Crippen molar-refractivity contribution >= 4 is 52.5 Å². The molecule has 1 aliphatic heterocycles. The van der Waals surface area contributed by atoms with Gasteiger partial charge in [0.25, 0.3) is 0 Å². The maximum Gasteiger partial charge on any atom is 0.356 e. The van der Waals surface area contributed by atoms with Gasteiger partial charge in [-0.1, -0.05) is 40.9 Å². The van der Waals surface area contributed by atoms with Crippen LogP contribution < -0.4 is 0 Å². The minimum absolute atomic E-state index is 0.0501. The summed E-state index contributed by atoms with van der Waals surface area (Å²) < 4.78 is 0. The second-order valence-electron chi connectivity index (χ2n) is 5.47. The number of aromatic carboxylic acids is 1. The minimum atomic E-state index is -1.04. The van der Waals surface area contributed by atoms with E-state index in [1.807, 2.05) is 18.2 Å². The Bertz CT molecular complexity index is 1030. The zero-order chi connectivity index (χ0) is 17.7. The van der Waals surface area contributed by atoms with Gasteiger partial charge in [-0.05, 0) is 24.3 Å². The van der Waals surface area contributed by atoms with Crippen LogP contribution in [0.3, 0.4) is 0 Å². The number of hydrogen-bond donors (Lipinski definition) is 2. The maximum absolute atomic E-state index is 11.3. The highest BCUT2D eigenvalue weighted by atomic mass is 35.5. The van der Waals surface area contributed by atoms with Crippen LogP contribution in [0.5, 0.6) is 0 Å². The van der Waals surface area contributed by atoms with E-state index >= 15 is 0 Å². The fourth-order valence-corrected chi connectivity index (χ4v) is 4.71. The summed E-state index contributed by atoms with van der Waals surface area (Å²) in [5.41, 5.74) is 3.86. The van der Waals surface area contributed by atoms with Gasteiger partial charge in [0.05, 0.1) is 5.69 Å². The lowest BCUT2D eigenvalue weighted by atomic mass is 10.0. The number of rotatable bonds is 2. The first kappa shape index (κ1) is 16.8. The number of H-pyrrole nitrogens is 1. The van der Waals surface area contributed by atoms with Crippen LogP contribution in [0, 0.1) is 0 Å². The van der Waals surface area contributed by atoms with E-state index in [-0.39, 0.29) is 5.69 Å². The summed E-state index contributed by atoms with van der Waals surface area (Å²) in [5.74, 6) is -0.521. The predicted molar refractivity (Wildman–Crippen MR) is 101 cm³/mol. The van der Waals surface area contributed by atoms with E-state index in [2.05, 4.69) is 10.2 Å². The van der Waals surface area contributed by atoms with Crippen molar-refractivity contribution in [2.75, 3.05) is 0 Å². The Morgan fingerprint density at radius 3 is 2.56 bits per heavy atom. The summed E-state index contributed by atoms with van der Waals surface area (Å²) >= 11 is 20.3. The molecular weight excluding hydrogens is 403 g/mol. The smallest absolute Gasteiger partial charge is 0.356 e. The first-order valence-corrected chi connectivity index (χ1v) is 9.30. The van der Waals surface area contributed by atoms with Crippen molar-refractivity contribution in [2.45, 2.75) is 10.6 Å². The molecule has 0 unspecified atom stereocenters. The molecular formula is C17H9Cl3N2O2S. The molecule has 0 amide bonds. The maximum atomic E-state index is 11.3. The van der Waals surface area contributed by atoms with Crippen molar-refractivity contribution in [3.05, 3.63) is 56.7 Å². The summed E-state index contributed by atoms with van der Waals surface area (Å²) in [5, 5.41) is 17.6. The van der Waals surface area contributed by atoms with Crippen LogP contribution in [0.4, 0.5) is 0 Å². The van der Waals surface area contributed by atoms with Crippen LogP contribution in [0.15, 0.2) is 35.2 Å². The minimum Gasteiger partial charge on any atom is -0.476 e. The normalized spacial score (nSPS) is 12.6. The zero-order valence-electron chi connectivity index (χ0n) is 12.4. The van der Waals surface area contributed by atoms with Crippen molar-refractivity contribution in [3.8, 4) is 22.4 Å². The van der Waals surface area contributed by atoms with Gasteiger partial charge in [-0.25, -0.2) is 4.79 Å². The number of nitrogens with zero attached hydrogens (tertiary/aromatic N) is 1. The van der Waals surface area contributed by atoms with E-state index < -0.39 is 5.97 Å². The van der Waals surface area contributed by atoms with E-state index in [4.69, 9.17) is 34.8 Å². The van der Waals surface area contributed by atoms with Crippen molar-refractivity contribution in [1.82, 2.24) is 10.2 Å². The quantitative estimate of drug-likeness (QED) is 0.542. The van der Waals surface area contributed by atoms with E-state index in [0.29, 0.717) is 32.1 Å². The highest BCUT2D eigenvalue weighted by Gasteiger charge is 2.27. The number of thioether (sulfide) groups is 1. The monoisotopic (exact) mass is 410 g/mol. The summed E-state index contributed by atoms with van der Waals surface area (Å²) in [6, 6.07) is 9.04. The fourth-order valence-electron chi connectivity index (χ4n) is 2.84. The third kappa shape index (κ3) is 2.81. The lowest BCUT2D eigenvalue weighted by molar-refractivity contribution is 0.0689.